The van der Waals surface area contributed by atoms with Gasteiger partial charge in [0, 0.05) is 0 Å². The molecule has 0 radical (unpaired) electrons. The van der Waals surface area contributed by atoms with Gasteiger partial charge in [0.05, 0.1) is 0 Å². The minimum absolute atomic E-state index is 0. The molecule has 4 rings (SSSR count). The number of nitrogens with one attached hydrogen (secondary N) is 2. The number of nitrogens with zero attached hydrogens (tertiary/aromatic N) is 1. The molecule has 1 heterocycles. The van der Waals surface area contributed by atoms with Crippen LogP contribution in [0.1, 0.15) is 0 Å². The molecule has 34 heavy (non-hydrogen) atoms. The van der Waals surface area contributed by atoms with Crippen molar-refractivity contribution >= 4 is 24.8 Å². The molecular formula is C25H34Cl2N3O3Ti. The third kappa shape index (κ3) is 7.36. The van der Waals surface area contributed by atoms with Gasteiger partial charge in [-0.05, 0) is 0 Å². The van der Waals surface area contributed by atoms with Crippen LogP contribution in [0.2, 0.25) is 5.23 Å². The van der Waals surface area contributed by atoms with Crippen LogP contribution in [0.4, 0.5) is 0 Å². The van der Waals surface area contributed by atoms with Crippen molar-refractivity contribution in [2.75, 3.05) is 39.3 Å². The molecule has 0 atom stereocenters. The molecule has 3 aromatic carbocycles. The predicted octanol–water partition coefficient (Wildman–Crippen LogP) is 4.96. The molecule has 0 aliphatic carbocycles. The first kappa shape index (κ1) is 28.5. The zero-order chi connectivity index (χ0) is 22.1. The van der Waals surface area contributed by atoms with Crippen LogP contribution in [-0.2, 0) is 16.7 Å². The SMILES string of the molecule is Cl.Cl.[CH3][Ti]([O]c1ccccc1)([O]c1ccccc1)([O]c1ccccc1)[N]1CCNCCNCC1. The van der Waals surface area contributed by atoms with Crippen molar-refractivity contribution in [3.63, 3.8) is 0 Å². The number of rotatable bonds is 7. The van der Waals surface area contributed by atoms with Crippen molar-refractivity contribution in [2.24, 2.45) is 0 Å². The molecule has 2 N–H and O–H groups in total. The second-order valence-corrected chi connectivity index (χ2v) is 14.3. The Kier molecular flexibility index (Phi) is 11.2. The van der Waals surface area contributed by atoms with Gasteiger partial charge in [-0.3, -0.25) is 0 Å². The topological polar surface area (TPSA) is 55.0 Å². The monoisotopic (exact) mass is 542 g/mol. The summed E-state index contributed by atoms with van der Waals surface area (Å²) < 4.78 is 23.0. The Morgan fingerprint density at radius 1 is 0.559 bits per heavy atom. The van der Waals surface area contributed by atoms with Gasteiger partial charge in [-0.1, -0.05) is 0 Å². The van der Waals surface area contributed by atoms with E-state index in [9.17, 15) is 0 Å². The van der Waals surface area contributed by atoms with Crippen molar-refractivity contribution in [3.8, 4) is 17.2 Å². The molecule has 0 spiro atoms. The van der Waals surface area contributed by atoms with Crippen LogP contribution in [-0.4, -0.2) is 42.7 Å². The second-order valence-electron chi connectivity index (χ2n) is 8.09. The summed E-state index contributed by atoms with van der Waals surface area (Å²) in [7, 11) is 0. The summed E-state index contributed by atoms with van der Waals surface area (Å²) in [5.41, 5.74) is 0. The van der Waals surface area contributed by atoms with Gasteiger partial charge in [0.2, 0.25) is 0 Å². The van der Waals surface area contributed by atoms with Crippen LogP contribution in [0.5, 0.6) is 17.2 Å². The Balaban J connectivity index is 0.00000204. The van der Waals surface area contributed by atoms with E-state index in [4.69, 9.17) is 9.96 Å². The quantitative estimate of drug-likeness (QED) is 0.411. The zero-order valence-electron chi connectivity index (χ0n) is 19.4. The molecule has 0 bridgehead atoms. The van der Waals surface area contributed by atoms with Crippen molar-refractivity contribution in [2.45, 2.75) is 5.23 Å². The number of para-hydroxylation sites is 3. The molecule has 0 aromatic heterocycles. The molecule has 3 aromatic rings. The molecule has 1 aliphatic heterocycles. The van der Waals surface area contributed by atoms with E-state index in [2.05, 4.69) is 19.2 Å². The van der Waals surface area contributed by atoms with Crippen LogP contribution < -0.4 is 20.6 Å². The summed E-state index contributed by atoms with van der Waals surface area (Å²) in [6, 6.07) is 29.5. The van der Waals surface area contributed by atoms with Gasteiger partial charge in [0.25, 0.3) is 0 Å². The summed E-state index contributed by atoms with van der Waals surface area (Å²) >= 11 is -4.88. The molecular weight excluding hydrogens is 509 g/mol. The van der Waals surface area contributed by atoms with Gasteiger partial charge in [-0.15, -0.1) is 24.8 Å². The second kappa shape index (κ2) is 13.4. The standard InChI is InChI=1S/C6H14N3.3C6H6O.CH3.2ClH.Ti/c1-2-8-5-6-9-4-3-7-1;3*7-6-4-2-1-3-5-6;;;;/h7-8H,1-6H2;3*1-5,7H;1H3;2*1H;/q-1;;;;;;;+4/p-3. The third-order valence-corrected chi connectivity index (χ3v) is 11.7. The molecule has 0 unspecified atom stereocenters. The molecule has 6 nitrogen and oxygen atoms in total. The molecule has 0 saturated carbocycles. The normalized spacial score (nSPS) is 16.1. The summed E-state index contributed by atoms with van der Waals surface area (Å²) in [5, 5.41) is 9.05. The average Bonchev–Trinajstić information content (AvgIpc) is 2.96. The summed E-state index contributed by atoms with van der Waals surface area (Å²) in [4.78, 5) is 0. The Morgan fingerprint density at radius 2 is 0.882 bits per heavy atom. The first-order chi connectivity index (χ1) is 15.6. The maximum absolute atomic E-state index is 6.89. The van der Waals surface area contributed by atoms with E-state index in [1.165, 1.54) is 0 Å². The Hall–Kier alpha value is -1.77. The first-order valence-corrected chi connectivity index (χ1v) is 15.4. The zero-order valence-corrected chi connectivity index (χ0v) is 22.6. The molecule has 1 saturated heterocycles. The molecule has 185 valence electrons. The maximum atomic E-state index is 6.89. The van der Waals surface area contributed by atoms with Gasteiger partial charge in [-0.25, -0.2) is 0 Å². The van der Waals surface area contributed by atoms with Gasteiger partial charge < -0.3 is 0 Å². The van der Waals surface area contributed by atoms with E-state index in [1.54, 1.807) is 0 Å². The summed E-state index contributed by atoms with van der Waals surface area (Å²) in [6.45, 7) is 5.01. The van der Waals surface area contributed by atoms with Crippen LogP contribution in [0.3, 0.4) is 0 Å². The van der Waals surface area contributed by atoms with E-state index in [0.29, 0.717) is 0 Å². The predicted molar refractivity (Wildman–Crippen MR) is 139 cm³/mol. The van der Waals surface area contributed by atoms with Crippen LogP contribution in [0, 0.1) is 0 Å². The number of hydrogen-bond acceptors (Lipinski definition) is 6. The fourth-order valence-electron chi connectivity index (χ4n) is 3.99. The first-order valence-electron chi connectivity index (χ1n) is 11.2. The van der Waals surface area contributed by atoms with Crippen LogP contribution >= 0.6 is 24.8 Å². The van der Waals surface area contributed by atoms with E-state index < -0.39 is 16.7 Å². The van der Waals surface area contributed by atoms with E-state index in [-0.39, 0.29) is 24.8 Å². The molecule has 1 fully saturated rings. The summed E-state index contributed by atoms with van der Waals surface area (Å²) in [6.07, 6.45) is 0. The number of hydrogen-bond donors (Lipinski definition) is 2. The molecule has 9 heteroatoms. The fourth-order valence-corrected chi connectivity index (χ4v) is 9.83. The van der Waals surface area contributed by atoms with Gasteiger partial charge in [0.15, 0.2) is 0 Å². The van der Waals surface area contributed by atoms with E-state index in [0.717, 1.165) is 56.5 Å². The van der Waals surface area contributed by atoms with Crippen LogP contribution in [0.25, 0.3) is 0 Å². The Morgan fingerprint density at radius 3 is 1.21 bits per heavy atom. The molecule has 1 aliphatic rings. The van der Waals surface area contributed by atoms with Crippen LogP contribution in [0.15, 0.2) is 91.0 Å². The van der Waals surface area contributed by atoms with E-state index in [1.807, 2.05) is 91.0 Å². The number of benzene rings is 3. The Bertz CT molecular complexity index is 857. The third-order valence-electron chi connectivity index (χ3n) is 5.58. The summed E-state index contributed by atoms with van der Waals surface area (Å²) in [5.74, 6) is 2.21. The van der Waals surface area contributed by atoms with Gasteiger partial charge in [-0.2, -0.15) is 0 Å². The average molecular weight is 543 g/mol. The van der Waals surface area contributed by atoms with Crippen molar-refractivity contribution in [1.82, 2.24) is 14.0 Å². The molecule has 0 amide bonds. The number of halogens is 2. The minimum atomic E-state index is -4.88. The van der Waals surface area contributed by atoms with Crippen molar-refractivity contribution in [3.05, 3.63) is 91.0 Å². The van der Waals surface area contributed by atoms with Crippen molar-refractivity contribution in [1.29, 1.82) is 0 Å². The van der Waals surface area contributed by atoms with Crippen molar-refractivity contribution < 1.29 is 26.7 Å². The fraction of sp³-hybridized carbons (Fsp3) is 0.280. The van der Waals surface area contributed by atoms with Gasteiger partial charge in [0.1, 0.15) is 0 Å². The van der Waals surface area contributed by atoms with Gasteiger partial charge >= 0.3 is 193 Å². The van der Waals surface area contributed by atoms with E-state index >= 15 is 0 Å². The Labute approximate surface area is 217 Å².